The van der Waals surface area contributed by atoms with Crippen LogP contribution >= 0.6 is 0 Å². The lowest BCUT2D eigenvalue weighted by Crippen LogP contribution is -2.31. The van der Waals surface area contributed by atoms with Gasteiger partial charge in [0.2, 0.25) is 5.91 Å². The minimum absolute atomic E-state index is 0.0782. The summed E-state index contributed by atoms with van der Waals surface area (Å²) in [5.41, 5.74) is 1.24. The van der Waals surface area contributed by atoms with Crippen LogP contribution < -0.4 is 10.1 Å². The molecule has 1 aromatic heterocycles. The monoisotopic (exact) mass is 328 g/mol. The molecule has 7 nitrogen and oxygen atoms in total. The maximum atomic E-state index is 12.6. The number of amides is 2. The minimum atomic E-state index is -0.209. The molecule has 0 unspecified atom stereocenters. The Hall–Kier alpha value is -2.83. The molecule has 1 aliphatic heterocycles. The zero-order valence-electron chi connectivity index (χ0n) is 13.7. The second-order valence-corrected chi connectivity index (χ2v) is 5.86. The Morgan fingerprint density at radius 3 is 2.92 bits per heavy atom. The molecular weight excluding hydrogens is 308 g/mol. The predicted octanol–water partition coefficient (Wildman–Crippen LogP) is 1.53. The highest BCUT2D eigenvalue weighted by molar-refractivity contribution is 5.97. The number of nitrogens with zero attached hydrogens (tertiary/aromatic N) is 3. The molecule has 2 heterocycles. The van der Waals surface area contributed by atoms with Crippen LogP contribution in [0.5, 0.6) is 5.75 Å². The van der Waals surface area contributed by atoms with E-state index in [2.05, 4.69) is 10.4 Å². The van der Waals surface area contributed by atoms with Gasteiger partial charge in [0.05, 0.1) is 24.9 Å². The fraction of sp³-hybridized carbons (Fsp3) is 0.353. The Balaban J connectivity index is 1.61. The van der Waals surface area contributed by atoms with Crippen LogP contribution in [0.3, 0.4) is 0 Å². The molecule has 3 rings (SSSR count). The number of likely N-dealkylation sites (tertiary alicyclic amines) is 1. The number of anilines is 1. The predicted molar refractivity (Wildman–Crippen MR) is 88.8 cm³/mol. The van der Waals surface area contributed by atoms with Gasteiger partial charge in [-0.1, -0.05) is 6.07 Å². The average Bonchev–Trinajstić information content (AvgIpc) is 3.23. The van der Waals surface area contributed by atoms with Gasteiger partial charge >= 0.3 is 0 Å². The molecule has 0 radical (unpaired) electrons. The number of aromatic nitrogens is 2. The van der Waals surface area contributed by atoms with Crippen molar-refractivity contribution >= 4 is 17.5 Å². The van der Waals surface area contributed by atoms with Gasteiger partial charge in [-0.15, -0.1) is 0 Å². The summed E-state index contributed by atoms with van der Waals surface area (Å²) < 4.78 is 6.78. The first-order valence-corrected chi connectivity index (χ1v) is 7.79. The van der Waals surface area contributed by atoms with Crippen molar-refractivity contribution in [2.75, 3.05) is 25.5 Å². The topological polar surface area (TPSA) is 76.5 Å². The standard InChI is InChI=1S/C17H20N4O3/c1-20-11-14(9-18-20)19-16(22)13-6-7-21(10-13)17(23)12-4-3-5-15(8-12)24-2/h3-5,8-9,11,13H,6-7,10H2,1-2H3,(H,19,22)/t13-/m0/s1. The quantitative estimate of drug-likeness (QED) is 0.923. The van der Waals surface area contributed by atoms with E-state index in [1.54, 1.807) is 60.4 Å². The molecule has 2 amide bonds. The third kappa shape index (κ3) is 3.40. The minimum Gasteiger partial charge on any atom is -0.497 e. The van der Waals surface area contributed by atoms with Crippen LogP contribution in [0, 0.1) is 5.92 Å². The van der Waals surface area contributed by atoms with Crippen molar-refractivity contribution in [1.29, 1.82) is 0 Å². The lowest BCUT2D eigenvalue weighted by Gasteiger charge is -2.16. The SMILES string of the molecule is COc1cccc(C(=O)N2CC[C@H](C(=O)Nc3cnn(C)c3)C2)c1. The smallest absolute Gasteiger partial charge is 0.254 e. The molecule has 1 N–H and O–H groups in total. The van der Waals surface area contributed by atoms with Crippen LogP contribution in [0.1, 0.15) is 16.8 Å². The molecule has 0 bridgehead atoms. The lowest BCUT2D eigenvalue weighted by atomic mass is 10.1. The highest BCUT2D eigenvalue weighted by atomic mass is 16.5. The van der Waals surface area contributed by atoms with Crippen LogP contribution in [0.25, 0.3) is 0 Å². The van der Waals surface area contributed by atoms with E-state index in [9.17, 15) is 9.59 Å². The number of aryl methyl sites for hydroxylation is 1. The molecule has 0 saturated carbocycles. The first-order chi connectivity index (χ1) is 11.6. The third-order valence-electron chi connectivity index (χ3n) is 4.14. The summed E-state index contributed by atoms with van der Waals surface area (Å²) in [7, 11) is 3.36. The van der Waals surface area contributed by atoms with Crippen molar-refractivity contribution in [2.24, 2.45) is 13.0 Å². The van der Waals surface area contributed by atoms with E-state index in [1.807, 2.05) is 0 Å². The van der Waals surface area contributed by atoms with E-state index in [4.69, 9.17) is 4.74 Å². The normalized spacial score (nSPS) is 16.9. The van der Waals surface area contributed by atoms with E-state index in [1.165, 1.54) is 0 Å². The van der Waals surface area contributed by atoms with E-state index in [0.29, 0.717) is 36.5 Å². The summed E-state index contributed by atoms with van der Waals surface area (Å²) in [5, 5.41) is 6.86. The first kappa shape index (κ1) is 16.0. The van der Waals surface area contributed by atoms with Crippen molar-refractivity contribution in [3.8, 4) is 5.75 Å². The Labute approximate surface area is 140 Å². The van der Waals surface area contributed by atoms with Gasteiger partial charge < -0.3 is 15.0 Å². The largest absolute Gasteiger partial charge is 0.497 e. The Morgan fingerprint density at radius 2 is 2.21 bits per heavy atom. The molecule has 2 aromatic rings. The van der Waals surface area contributed by atoms with Crippen molar-refractivity contribution in [3.05, 3.63) is 42.2 Å². The van der Waals surface area contributed by atoms with Gasteiger partial charge in [0.25, 0.3) is 5.91 Å². The molecule has 1 aliphatic rings. The number of carbonyl (C=O) groups is 2. The first-order valence-electron chi connectivity index (χ1n) is 7.79. The molecule has 1 saturated heterocycles. The molecule has 0 spiro atoms. The van der Waals surface area contributed by atoms with Gasteiger partial charge in [-0.3, -0.25) is 14.3 Å². The van der Waals surface area contributed by atoms with E-state index >= 15 is 0 Å². The van der Waals surface area contributed by atoms with Crippen molar-refractivity contribution in [3.63, 3.8) is 0 Å². The van der Waals surface area contributed by atoms with Gasteiger partial charge in [-0.25, -0.2) is 0 Å². The van der Waals surface area contributed by atoms with Crippen LogP contribution in [-0.2, 0) is 11.8 Å². The van der Waals surface area contributed by atoms with Crippen LogP contribution in [0.2, 0.25) is 0 Å². The molecule has 126 valence electrons. The molecular formula is C17H20N4O3. The number of carbonyl (C=O) groups excluding carboxylic acids is 2. The summed E-state index contributed by atoms with van der Waals surface area (Å²) in [6.45, 7) is 0.989. The van der Waals surface area contributed by atoms with E-state index < -0.39 is 0 Å². The molecule has 1 atom stereocenters. The number of benzene rings is 1. The van der Waals surface area contributed by atoms with Gasteiger partial charge in [-0.2, -0.15) is 5.10 Å². The molecule has 1 aromatic carbocycles. The van der Waals surface area contributed by atoms with Crippen LogP contribution in [0.15, 0.2) is 36.7 Å². The maximum Gasteiger partial charge on any atom is 0.254 e. The van der Waals surface area contributed by atoms with Gasteiger partial charge in [0.1, 0.15) is 5.75 Å². The van der Waals surface area contributed by atoms with E-state index in [-0.39, 0.29) is 17.7 Å². The highest BCUT2D eigenvalue weighted by Gasteiger charge is 2.31. The average molecular weight is 328 g/mol. The molecule has 24 heavy (non-hydrogen) atoms. The fourth-order valence-corrected chi connectivity index (χ4v) is 2.83. The number of ether oxygens (including phenoxy) is 1. The Morgan fingerprint density at radius 1 is 1.38 bits per heavy atom. The maximum absolute atomic E-state index is 12.6. The highest BCUT2D eigenvalue weighted by Crippen LogP contribution is 2.22. The fourth-order valence-electron chi connectivity index (χ4n) is 2.83. The number of methoxy groups -OCH3 is 1. The third-order valence-corrected chi connectivity index (χ3v) is 4.14. The van der Waals surface area contributed by atoms with Crippen LogP contribution in [-0.4, -0.2) is 46.7 Å². The van der Waals surface area contributed by atoms with Gasteiger partial charge in [-0.05, 0) is 24.6 Å². The summed E-state index contributed by atoms with van der Waals surface area (Å²) >= 11 is 0. The summed E-state index contributed by atoms with van der Waals surface area (Å²) in [4.78, 5) is 26.6. The number of nitrogens with one attached hydrogen (secondary N) is 1. The second-order valence-electron chi connectivity index (χ2n) is 5.86. The van der Waals surface area contributed by atoms with Gasteiger partial charge in [0.15, 0.2) is 0 Å². The molecule has 7 heteroatoms. The van der Waals surface area contributed by atoms with E-state index in [0.717, 1.165) is 0 Å². The molecule has 0 aliphatic carbocycles. The second kappa shape index (κ2) is 6.74. The number of rotatable bonds is 4. The zero-order chi connectivity index (χ0) is 17.1. The molecule has 1 fully saturated rings. The Bertz CT molecular complexity index is 756. The zero-order valence-corrected chi connectivity index (χ0v) is 13.7. The number of hydrogen-bond donors (Lipinski definition) is 1. The summed E-state index contributed by atoms with van der Waals surface area (Å²) in [6, 6.07) is 7.05. The lowest BCUT2D eigenvalue weighted by molar-refractivity contribution is -0.119. The summed E-state index contributed by atoms with van der Waals surface area (Å²) in [5.74, 6) is 0.278. The van der Waals surface area contributed by atoms with Crippen molar-refractivity contribution in [2.45, 2.75) is 6.42 Å². The van der Waals surface area contributed by atoms with Gasteiger partial charge in [0, 0.05) is 31.9 Å². The number of hydrogen-bond acceptors (Lipinski definition) is 4. The van der Waals surface area contributed by atoms with Crippen molar-refractivity contribution in [1.82, 2.24) is 14.7 Å². The van der Waals surface area contributed by atoms with Crippen LogP contribution in [0.4, 0.5) is 5.69 Å². The summed E-state index contributed by atoms with van der Waals surface area (Å²) in [6.07, 6.45) is 4.00. The Kier molecular flexibility index (Phi) is 4.50. The van der Waals surface area contributed by atoms with Crippen molar-refractivity contribution < 1.29 is 14.3 Å².